The molecule has 2 amide bonds. The number of aromatic nitrogens is 1. The fourth-order valence-electron chi connectivity index (χ4n) is 3.73. The first-order valence-corrected chi connectivity index (χ1v) is 10.4. The zero-order chi connectivity index (χ0) is 21.8. The van der Waals surface area contributed by atoms with Gasteiger partial charge in [0.05, 0.1) is 12.6 Å². The van der Waals surface area contributed by atoms with E-state index in [1.165, 1.54) is 0 Å². The molecule has 0 radical (unpaired) electrons. The fourth-order valence-corrected chi connectivity index (χ4v) is 3.73. The number of likely N-dealkylation sites (N-methyl/N-ethyl adjacent to an activating group) is 1. The number of fused-ring (bicyclic) bond motifs is 1. The van der Waals surface area contributed by atoms with Crippen LogP contribution in [-0.2, 0) is 22.6 Å². The van der Waals surface area contributed by atoms with Crippen LogP contribution < -0.4 is 15.5 Å². The molecule has 8 heteroatoms. The van der Waals surface area contributed by atoms with Gasteiger partial charge in [0.25, 0.3) is 0 Å². The highest BCUT2D eigenvalue weighted by Gasteiger charge is 2.32. The Bertz CT molecular complexity index is 1070. The smallest absolute Gasteiger partial charge is 0.249 e. The Morgan fingerprint density at radius 1 is 1.19 bits per heavy atom. The second-order valence-electron chi connectivity index (χ2n) is 7.71. The van der Waals surface area contributed by atoms with Gasteiger partial charge in [-0.25, -0.2) is 0 Å². The largest absolute Gasteiger partial charge is 0.359 e. The molecule has 0 spiro atoms. The van der Waals surface area contributed by atoms with E-state index in [1.807, 2.05) is 60.7 Å². The lowest BCUT2D eigenvalue weighted by molar-refractivity contribution is -0.128. The second kappa shape index (κ2) is 10.4. The zero-order valence-corrected chi connectivity index (χ0v) is 18.9. The van der Waals surface area contributed by atoms with Crippen molar-refractivity contribution in [1.82, 2.24) is 15.8 Å². The number of nitrogens with zero attached hydrogens (tertiary/aromatic N) is 2. The van der Waals surface area contributed by atoms with Crippen LogP contribution in [0.15, 0.2) is 65.2 Å². The van der Waals surface area contributed by atoms with Gasteiger partial charge in [-0.05, 0) is 38.4 Å². The molecule has 0 fully saturated rings. The predicted octanol–water partition coefficient (Wildman–Crippen LogP) is 3.34. The van der Waals surface area contributed by atoms with E-state index in [0.29, 0.717) is 18.6 Å². The molecule has 2 atom stereocenters. The number of para-hydroxylation sites is 1. The number of rotatable bonds is 6. The topological polar surface area (TPSA) is 87.5 Å². The van der Waals surface area contributed by atoms with Crippen molar-refractivity contribution in [3.05, 3.63) is 72.0 Å². The van der Waals surface area contributed by atoms with E-state index >= 15 is 0 Å². The molecule has 2 heterocycles. The Labute approximate surface area is 193 Å². The monoisotopic (exact) mass is 454 g/mol. The van der Waals surface area contributed by atoms with Crippen LogP contribution in [-0.4, -0.2) is 36.1 Å². The summed E-state index contributed by atoms with van der Waals surface area (Å²) in [6.45, 7) is 2.01. The van der Waals surface area contributed by atoms with Gasteiger partial charge in [0.2, 0.25) is 11.8 Å². The van der Waals surface area contributed by atoms with Crippen molar-refractivity contribution < 1.29 is 14.1 Å². The summed E-state index contributed by atoms with van der Waals surface area (Å²) in [4.78, 5) is 27.6. The van der Waals surface area contributed by atoms with Crippen molar-refractivity contribution in [3.8, 4) is 11.3 Å². The molecule has 1 aliphatic heterocycles. The van der Waals surface area contributed by atoms with E-state index in [1.54, 1.807) is 18.9 Å². The first-order chi connectivity index (χ1) is 15.1. The molecule has 2 N–H and O–H groups in total. The lowest BCUT2D eigenvalue weighted by Crippen LogP contribution is -2.52. The Hall–Kier alpha value is -3.16. The van der Waals surface area contributed by atoms with Crippen LogP contribution in [0.1, 0.15) is 24.7 Å². The van der Waals surface area contributed by atoms with Crippen molar-refractivity contribution in [3.63, 3.8) is 0 Å². The number of aryl methyl sites for hydroxylation is 1. The first-order valence-electron chi connectivity index (χ1n) is 10.4. The third-order valence-electron chi connectivity index (χ3n) is 5.63. The number of anilines is 1. The minimum atomic E-state index is -0.604. The molecule has 0 saturated heterocycles. The Morgan fingerprint density at radius 2 is 1.91 bits per heavy atom. The molecule has 0 saturated carbocycles. The van der Waals surface area contributed by atoms with Crippen molar-refractivity contribution in [2.45, 2.75) is 38.4 Å². The summed E-state index contributed by atoms with van der Waals surface area (Å²) in [5.41, 5.74) is 3.57. The van der Waals surface area contributed by atoms with Crippen molar-refractivity contribution in [1.29, 1.82) is 0 Å². The van der Waals surface area contributed by atoms with E-state index in [4.69, 9.17) is 4.52 Å². The SMILES string of the molecule is CNC(C)C(=O)N[C@H]1CCc2ccccc2N(Cc2cc(-c3ccccc3)no2)C1=O.Cl. The Balaban J connectivity index is 0.00000289. The van der Waals surface area contributed by atoms with Crippen LogP contribution in [0.2, 0.25) is 0 Å². The maximum Gasteiger partial charge on any atom is 0.249 e. The molecule has 3 aromatic rings. The zero-order valence-electron chi connectivity index (χ0n) is 18.1. The number of nitrogens with one attached hydrogen (secondary N) is 2. The average Bonchev–Trinajstić information content (AvgIpc) is 3.24. The quantitative estimate of drug-likeness (QED) is 0.596. The summed E-state index contributed by atoms with van der Waals surface area (Å²) in [5.74, 6) is 0.231. The number of amides is 2. The summed E-state index contributed by atoms with van der Waals surface area (Å²) >= 11 is 0. The van der Waals surface area contributed by atoms with Gasteiger partial charge in [0.15, 0.2) is 5.76 Å². The van der Waals surface area contributed by atoms with Crippen LogP contribution in [0, 0.1) is 0 Å². The summed E-state index contributed by atoms with van der Waals surface area (Å²) in [7, 11) is 1.72. The van der Waals surface area contributed by atoms with Gasteiger partial charge in [-0.1, -0.05) is 53.7 Å². The lowest BCUT2D eigenvalue weighted by Gasteiger charge is -2.26. The lowest BCUT2D eigenvalue weighted by atomic mass is 10.1. The maximum absolute atomic E-state index is 13.5. The second-order valence-corrected chi connectivity index (χ2v) is 7.71. The number of carbonyl (C=O) groups excluding carboxylic acids is 2. The number of halogens is 1. The van der Waals surface area contributed by atoms with Gasteiger partial charge < -0.3 is 20.1 Å². The van der Waals surface area contributed by atoms with Crippen molar-refractivity contribution in [2.75, 3.05) is 11.9 Å². The number of hydrogen-bond donors (Lipinski definition) is 2. The normalized spacial score (nSPS) is 16.5. The van der Waals surface area contributed by atoms with Crippen LogP contribution in [0.25, 0.3) is 11.3 Å². The highest BCUT2D eigenvalue weighted by atomic mass is 35.5. The molecule has 0 bridgehead atoms. The van der Waals surface area contributed by atoms with Crippen LogP contribution in [0.4, 0.5) is 5.69 Å². The molecular formula is C24H27ClN4O3. The van der Waals surface area contributed by atoms with Crippen LogP contribution >= 0.6 is 12.4 Å². The third-order valence-corrected chi connectivity index (χ3v) is 5.63. The van der Waals surface area contributed by atoms with Gasteiger partial charge in [0.1, 0.15) is 11.7 Å². The van der Waals surface area contributed by atoms with Gasteiger partial charge in [-0.3, -0.25) is 9.59 Å². The Morgan fingerprint density at radius 3 is 2.66 bits per heavy atom. The van der Waals surface area contributed by atoms with Crippen molar-refractivity contribution >= 4 is 29.9 Å². The summed E-state index contributed by atoms with van der Waals surface area (Å²) < 4.78 is 5.56. The summed E-state index contributed by atoms with van der Waals surface area (Å²) in [5, 5.41) is 9.98. The fraction of sp³-hybridized carbons (Fsp3) is 0.292. The van der Waals surface area contributed by atoms with E-state index in [9.17, 15) is 9.59 Å². The summed E-state index contributed by atoms with van der Waals surface area (Å²) in [6.07, 6.45) is 1.24. The molecule has 32 heavy (non-hydrogen) atoms. The molecule has 4 rings (SSSR count). The molecule has 2 aromatic carbocycles. The molecule has 0 aliphatic carbocycles. The van der Waals surface area contributed by atoms with Crippen LogP contribution in [0.5, 0.6) is 0 Å². The molecule has 1 unspecified atom stereocenters. The molecule has 7 nitrogen and oxygen atoms in total. The molecule has 1 aromatic heterocycles. The molecule has 1 aliphatic rings. The summed E-state index contributed by atoms with van der Waals surface area (Å²) in [6, 6.07) is 18.5. The van der Waals surface area contributed by atoms with E-state index in [2.05, 4.69) is 15.8 Å². The number of hydrogen-bond acceptors (Lipinski definition) is 5. The van der Waals surface area contributed by atoms with Crippen molar-refractivity contribution in [2.24, 2.45) is 0 Å². The number of carbonyl (C=O) groups is 2. The average molecular weight is 455 g/mol. The third kappa shape index (κ3) is 5.00. The molecular weight excluding hydrogens is 428 g/mol. The Kier molecular flexibility index (Phi) is 7.66. The highest BCUT2D eigenvalue weighted by molar-refractivity contribution is 6.00. The van der Waals surface area contributed by atoms with Gasteiger partial charge in [-0.15, -0.1) is 12.4 Å². The molecule has 168 valence electrons. The predicted molar refractivity (Wildman–Crippen MR) is 126 cm³/mol. The highest BCUT2D eigenvalue weighted by Crippen LogP contribution is 2.29. The first kappa shape index (κ1) is 23.5. The maximum atomic E-state index is 13.5. The number of benzene rings is 2. The van der Waals surface area contributed by atoms with E-state index < -0.39 is 6.04 Å². The van der Waals surface area contributed by atoms with E-state index in [0.717, 1.165) is 22.5 Å². The minimum absolute atomic E-state index is 0. The van der Waals surface area contributed by atoms with Gasteiger partial charge >= 0.3 is 0 Å². The van der Waals surface area contributed by atoms with Crippen LogP contribution in [0.3, 0.4) is 0 Å². The van der Waals surface area contributed by atoms with Gasteiger partial charge in [-0.2, -0.15) is 0 Å². The van der Waals surface area contributed by atoms with E-state index in [-0.39, 0.29) is 36.8 Å². The minimum Gasteiger partial charge on any atom is -0.359 e. The standard InChI is InChI=1S/C24H26N4O3.ClH/c1-16(25-2)23(29)26-20-13-12-18-10-6-7-11-22(18)28(24(20)30)15-19-14-21(27-31-19)17-8-4-3-5-9-17;/h3-11,14,16,20,25H,12-13,15H2,1-2H3,(H,26,29);1H/t16?,20-;/m0./s1. The van der Waals surface area contributed by atoms with Gasteiger partial charge in [0, 0.05) is 17.3 Å².